The Morgan fingerprint density at radius 3 is 2.26 bits per heavy atom. The van der Waals surface area contributed by atoms with Gasteiger partial charge in [-0.25, -0.2) is 9.97 Å². The first-order valence-corrected chi connectivity index (χ1v) is 9.61. The van der Waals surface area contributed by atoms with Gasteiger partial charge in [0.05, 0.1) is 12.4 Å². The van der Waals surface area contributed by atoms with Crippen LogP contribution in [0.15, 0.2) is 36.7 Å². The molecule has 0 saturated carbocycles. The smallest absolute Gasteiger partial charge is 0.274 e. The number of amides is 1. The lowest BCUT2D eigenvalue weighted by atomic mass is 10.2. The molecule has 2 aromatic rings. The van der Waals surface area contributed by atoms with E-state index >= 15 is 0 Å². The monoisotopic (exact) mass is 366 g/mol. The molecule has 0 unspecified atom stereocenters. The standard InChI is InChI=1S/C20H26N6O/c1-24-10-12-26(13-11-24)20(27)18-14-22-19(15-21-18)23-16-4-6-17(7-5-16)25-8-2-3-9-25/h4-7,14-15H,2-3,8-13H2,1H3,(H,22,23). The molecule has 2 aliphatic heterocycles. The topological polar surface area (TPSA) is 64.6 Å². The molecule has 1 amide bonds. The van der Waals surface area contributed by atoms with Crippen LogP contribution in [0.5, 0.6) is 0 Å². The predicted octanol–water partition coefficient (Wildman–Crippen LogP) is 2.21. The van der Waals surface area contributed by atoms with Gasteiger partial charge in [0.2, 0.25) is 0 Å². The zero-order valence-electron chi connectivity index (χ0n) is 15.8. The molecule has 0 atom stereocenters. The largest absolute Gasteiger partial charge is 0.372 e. The van der Waals surface area contributed by atoms with Crippen LogP contribution in [-0.4, -0.2) is 72.0 Å². The third-order valence-corrected chi connectivity index (χ3v) is 5.27. The molecule has 1 aromatic heterocycles. The first-order valence-electron chi connectivity index (χ1n) is 9.61. The number of benzene rings is 1. The number of piperazine rings is 1. The molecule has 2 fully saturated rings. The second-order valence-electron chi connectivity index (χ2n) is 7.25. The highest BCUT2D eigenvalue weighted by molar-refractivity contribution is 5.92. The number of hydrogen-bond acceptors (Lipinski definition) is 6. The maximum atomic E-state index is 12.5. The van der Waals surface area contributed by atoms with Crippen molar-refractivity contribution in [2.75, 3.05) is 56.5 Å². The number of hydrogen-bond donors (Lipinski definition) is 1. The van der Waals surface area contributed by atoms with Crippen LogP contribution in [0.1, 0.15) is 23.3 Å². The van der Waals surface area contributed by atoms with Crippen molar-refractivity contribution in [2.45, 2.75) is 12.8 Å². The number of aromatic nitrogens is 2. The summed E-state index contributed by atoms with van der Waals surface area (Å²) in [7, 11) is 2.07. The van der Waals surface area contributed by atoms with Crippen LogP contribution in [0.2, 0.25) is 0 Å². The number of carbonyl (C=O) groups excluding carboxylic acids is 1. The second-order valence-corrected chi connectivity index (χ2v) is 7.25. The van der Waals surface area contributed by atoms with Gasteiger partial charge in [-0.05, 0) is 44.2 Å². The molecule has 142 valence electrons. The molecule has 3 heterocycles. The molecule has 0 aliphatic carbocycles. The fourth-order valence-corrected chi connectivity index (χ4v) is 3.55. The molecule has 1 aromatic carbocycles. The van der Waals surface area contributed by atoms with E-state index in [0.717, 1.165) is 45.0 Å². The van der Waals surface area contributed by atoms with Gasteiger partial charge >= 0.3 is 0 Å². The normalized spacial score (nSPS) is 18.0. The molecule has 0 spiro atoms. The zero-order chi connectivity index (χ0) is 18.6. The van der Waals surface area contributed by atoms with E-state index in [1.54, 1.807) is 12.4 Å². The van der Waals surface area contributed by atoms with E-state index < -0.39 is 0 Å². The van der Waals surface area contributed by atoms with Crippen molar-refractivity contribution in [1.29, 1.82) is 0 Å². The van der Waals surface area contributed by atoms with E-state index in [2.05, 4.69) is 56.4 Å². The Kier molecular flexibility index (Phi) is 5.20. The van der Waals surface area contributed by atoms with Crippen LogP contribution in [-0.2, 0) is 0 Å². The van der Waals surface area contributed by atoms with Gasteiger partial charge in [0.1, 0.15) is 11.5 Å². The third-order valence-electron chi connectivity index (χ3n) is 5.27. The summed E-state index contributed by atoms with van der Waals surface area (Å²) in [5.74, 6) is 0.593. The van der Waals surface area contributed by atoms with Gasteiger partial charge in [-0.3, -0.25) is 4.79 Å². The molecular formula is C20H26N6O. The molecular weight excluding hydrogens is 340 g/mol. The van der Waals surface area contributed by atoms with Crippen LogP contribution in [0.3, 0.4) is 0 Å². The Balaban J connectivity index is 1.36. The van der Waals surface area contributed by atoms with Crippen LogP contribution >= 0.6 is 0 Å². The van der Waals surface area contributed by atoms with Gasteiger partial charge in [0.25, 0.3) is 5.91 Å². The number of nitrogens with zero attached hydrogens (tertiary/aromatic N) is 5. The Bertz CT molecular complexity index is 762. The van der Waals surface area contributed by atoms with E-state index in [0.29, 0.717) is 11.5 Å². The molecule has 2 aliphatic rings. The minimum absolute atomic E-state index is 0.0443. The number of carbonyl (C=O) groups is 1. The highest BCUT2D eigenvalue weighted by atomic mass is 16.2. The second kappa shape index (κ2) is 7.92. The van der Waals surface area contributed by atoms with Crippen molar-refractivity contribution in [3.05, 3.63) is 42.4 Å². The molecule has 7 nitrogen and oxygen atoms in total. The van der Waals surface area contributed by atoms with Crippen LogP contribution in [0, 0.1) is 0 Å². The number of nitrogens with one attached hydrogen (secondary N) is 1. The van der Waals surface area contributed by atoms with Gasteiger partial charge in [0.15, 0.2) is 0 Å². The van der Waals surface area contributed by atoms with Gasteiger partial charge in [-0.2, -0.15) is 0 Å². The van der Waals surface area contributed by atoms with Gasteiger partial charge in [-0.1, -0.05) is 0 Å². The fourth-order valence-electron chi connectivity index (χ4n) is 3.55. The molecule has 7 heteroatoms. The Labute approximate surface area is 160 Å². The third kappa shape index (κ3) is 4.19. The molecule has 1 N–H and O–H groups in total. The number of rotatable bonds is 4. The van der Waals surface area contributed by atoms with Crippen LogP contribution < -0.4 is 10.2 Å². The van der Waals surface area contributed by atoms with E-state index in [4.69, 9.17) is 0 Å². The highest BCUT2D eigenvalue weighted by Crippen LogP contribution is 2.23. The van der Waals surface area contributed by atoms with Crippen LogP contribution in [0.25, 0.3) is 0 Å². The lowest BCUT2D eigenvalue weighted by Gasteiger charge is -2.32. The van der Waals surface area contributed by atoms with E-state index in [1.807, 2.05) is 4.90 Å². The maximum absolute atomic E-state index is 12.5. The lowest BCUT2D eigenvalue weighted by Crippen LogP contribution is -2.47. The minimum atomic E-state index is -0.0443. The maximum Gasteiger partial charge on any atom is 0.274 e. The molecule has 4 rings (SSSR count). The fraction of sp³-hybridized carbons (Fsp3) is 0.450. The lowest BCUT2D eigenvalue weighted by molar-refractivity contribution is 0.0658. The Hall–Kier alpha value is -2.67. The molecule has 0 bridgehead atoms. The van der Waals surface area contributed by atoms with E-state index in [-0.39, 0.29) is 5.91 Å². The Morgan fingerprint density at radius 2 is 1.63 bits per heavy atom. The zero-order valence-corrected chi connectivity index (χ0v) is 15.8. The first kappa shape index (κ1) is 17.7. The van der Waals surface area contributed by atoms with Crippen molar-refractivity contribution in [3.8, 4) is 0 Å². The van der Waals surface area contributed by atoms with Crippen LogP contribution in [0.4, 0.5) is 17.2 Å². The summed E-state index contributed by atoms with van der Waals surface area (Å²) < 4.78 is 0. The predicted molar refractivity (Wildman–Crippen MR) is 107 cm³/mol. The summed E-state index contributed by atoms with van der Waals surface area (Å²) in [5, 5.41) is 3.25. The Morgan fingerprint density at radius 1 is 0.926 bits per heavy atom. The van der Waals surface area contributed by atoms with Gasteiger partial charge < -0.3 is 20.0 Å². The van der Waals surface area contributed by atoms with Gasteiger partial charge in [0, 0.05) is 50.6 Å². The summed E-state index contributed by atoms with van der Waals surface area (Å²) in [6, 6.07) is 8.37. The SMILES string of the molecule is CN1CCN(C(=O)c2cnc(Nc3ccc(N4CCCC4)cc3)cn2)CC1. The molecule has 27 heavy (non-hydrogen) atoms. The van der Waals surface area contributed by atoms with Crippen molar-refractivity contribution in [2.24, 2.45) is 0 Å². The minimum Gasteiger partial charge on any atom is -0.372 e. The van der Waals surface area contributed by atoms with Crippen molar-refractivity contribution >= 4 is 23.1 Å². The first-order chi connectivity index (χ1) is 13.2. The average molecular weight is 366 g/mol. The highest BCUT2D eigenvalue weighted by Gasteiger charge is 2.21. The van der Waals surface area contributed by atoms with Crippen molar-refractivity contribution < 1.29 is 4.79 Å². The quantitative estimate of drug-likeness (QED) is 0.895. The van der Waals surface area contributed by atoms with E-state index in [1.165, 1.54) is 18.5 Å². The number of anilines is 3. The average Bonchev–Trinajstić information content (AvgIpc) is 3.24. The number of likely N-dealkylation sites (N-methyl/N-ethyl adjacent to an activating group) is 1. The van der Waals surface area contributed by atoms with Gasteiger partial charge in [-0.15, -0.1) is 0 Å². The summed E-state index contributed by atoms with van der Waals surface area (Å²) in [6.07, 6.45) is 5.73. The van der Waals surface area contributed by atoms with E-state index in [9.17, 15) is 4.79 Å². The van der Waals surface area contributed by atoms with Crippen molar-refractivity contribution in [1.82, 2.24) is 19.8 Å². The summed E-state index contributed by atoms with van der Waals surface area (Å²) >= 11 is 0. The molecule has 2 saturated heterocycles. The molecule has 0 radical (unpaired) electrons. The summed E-state index contributed by atoms with van der Waals surface area (Å²) in [6.45, 7) is 5.54. The summed E-state index contributed by atoms with van der Waals surface area (Å²) in [5.41, 5.74) is 2.62. The van der Waals surface area contributed by atoms with Crippen molar-refractivity contribution in [3.63, 3.8) is 0 Å². The summed E-state index contributed by atoms with van der Waals surface area (Å²) in [4.78, 5) is 27.7.